The second-order valence-electron chi connectivity index (χ2n) is 16.5. The minimum atomic E-state index is -0.814. The number of ether oxygens (including phenoxy) is 5. The quantitative estimate of drug-likeness (QED) is 0.0510. The predicted octanol–water partition coefficient (Wildman–Crippen LogP) is 2.72. The van der Waals surface area contributed by atoms with Crippen LogP contribution in [0.3, 0.4) is 0 Å². The van der Waals surface area contributed by atoms with Crippen molar-refractivity contribution in [1.82, 2.24) is 15.2 Å². The van der Waals surface area contributed by atoms with E-state index in [-0.39, 0.29) is 77.3 Å². The fraction of sp³-hybridized carbons (Fsp3) is 0.568. The number of para-hydroxylation sites is 1. The molecule has 0 amide bonds. The number of fused-ring (bicyclic) bond motifs is 4. The molecular formula is C44H61I2N3O7-2. The van der Waals surface area contributed by atoms with E-state index >= 15 is 0 Å². The molecule has 2 atom stereocenters. The molecule has 56 heavy (non-hydrogen) atoms. The Balaban J connectivity index is 1.26. The third kappa shape index (κ3) is 12.3. The maximum atomic E-state index is 13.1. The summed E-state index contributed by atoms with van der Waals surface area (Å²) in [7, 11) is 3.53. The third-order valence-corrected chi connectivity index (χ3v) is 16.2. The number of rotatable bonds is 22. The van der Waals surface area contributed by atoms with Crippen LogP contribution in [-0.2, 0) is 23.7 Å². The number of carbonyl (C=O) groups is 1. The summed E-state index contributed by atoms with van der Waals surface area (Å²) >= 11 is -0.529. The van der Waals surface area contributed by atoms with E-state index in [9.17, 15) is 4.79 Å². The minimum absolute atomic E-state index is 0.106. The summed E-state index contributed by atoms with van der Waals surface area (Å²) in [5.74, 6) is -0.106. The Morgan fingerprint density at radius 1 is 0.732 bits per heavy atom. The predicted molar refractivity (Wildman–Crippen MR) is 212 cm³/mol. The van der Waals surface area contributed by atoms with Crippen molar-refractivity contribution in [2.75, 3.05) is 42.9 Å². The van der Waals surface area contributed by atoms with Gasteiger partial charge in [-0.3, -0.25) is 0 Å². The van der Waals surface area contributed by atoms with Crippen LogP contribution < -0.4 is 47.2 Å². The Morgan fingerprint density at radius 3 is 1.86 bits per heavy atom. The molecule has 0 fully saturated rings. The van der Waals surface area contributed by atoms with Crippen LogP contribution in [0.15, 0.2) is 60.7 Å². The van der Waals surface area contributed by atoms with Gasteiger partial charge in [-0.2, -0.15) is 0 Å². The Bertz CT molecular complexity index is 1910. The van der Waals surface area contributed by atoms with Crippen LogP contribution in [0.5, 0.6) is 0 Å². The molecule has 1 heterocycles. The molecule has 0 bridgehead atoms. The Hall–Kier alpha value is -2.37. The van der Waals surface area contributed by atoms with Gasteiger partial charge in [0.1, 0.15) is 0 Å². The van der Waals surface area contributed by atoms with Crippen LogP contribution in [0.1, 0.15) is 105 Å². The summed E-state index contributed by atoms with van der Waals surface area (Å²) in [4.78, 5) is 19.7. The van der Waals surface area contributed by atoms with Gasteiger partial charge in [0.15, 0.2) is 0 Å². The van der Waals surface area contributed by atoms with Gasteiger partial charge in [-0.1, -0.05) is 6.07 Å². The van der Waals surface area contributed by atoms with Crippen LogP contribution in [0.4, 0.5) is 4.79 Å². The Kier molecular flexibility index (Phi) is 15.6. The van der Waals surface area contributed by atoms with Gasteiger partial charge in [-0.05, 0) is 0 Å². The maximum absolute atomic E-state index is 13.1. The summed E-state index contributed by atoms with van der Waals surface area (Å²) in [5.41, 5.74) is 5.29. The van der Waals surface area contributed by atoms with Crippen LogP contribution in [0.25, 0.3) is 22.2 Å². The van der Waals surface area contributed by atoms with E-state index in [1.807, 2.05) is 18.2 Å². The molecule has 2 unspecified atom stereocenters. The number of hydrogen-bond acceptors (Lipinski definition) is 9. The van der Waals surface area contributed by atoms with Crippen molar-refractivity contribution in [1.29, 1.82) is 0 Å². The SMILES string of the molecule is CCC(C)(CCOC(C)(C)CC[I-]c1ccc2c(c1)C(COC(=O)On1nnc3ccccc31)c1cc([I-]CCC(C)(C)OCCC(C)(C)OC)ccc1-2)OC. The molecule has 0 saturated carbocycles. The molecule has 0 radical (unpaired) electrons. The average Bonchev–Trinajstić information content (AvgIpc) is 3.71. The first-order chi connectivity index (χ1) is 26.6. The van der Waals surface area contributed by atoms with E-state index in [1.165, 1.54) is 29.4 Å². The third-order valence-electron chi connectivity index (χ3n) is 10.9. The topological polar surface area (TPSA) is 103 Å². The summed E-state index contributed by atoms with van der Waals surface area (Å²) in [6, 6.07) is 21.1. The first kappa shape index (κ1) is 44.7. The average molecular weight is 998 g/mol. The van der Waals surface area contributed by atoms with Gasteiger partial charge in [0, 0.05) is 0 Å². The summed E-state index contributed by atoms with van der Waals surface area (Å²) in [6.07, 6.45) is 3.84. The van der Waals surface area contributed by atoms with Crippen molar-refractivity contribution in [3.63, 3.8) is 0 Å². The summed E-state index contributed by atoms with van der Waals surface area (Å²) in [5, 5.41) is 8.08. The van der Waals surface area contributed by atoms with Crippen molar-refractivity contribution in [3.05, 3.63) is 78.9 Å². The molecule has 0 spiro atoms. The van der Waals surface area contributed by atoms with E-state index in [1.54, 1.807) is 20.3 Å². The van der Waals surface area contributed by atoms with Crippen LogP contribution in [0, 0.1) is 7.14 Å². The monoisotopic (exact) mass is 997 g/mol. The number of halogens is 2. The molecule has 4 aromatic rings. The van der Waals surface area contributed by atoms with Crippen molar-refractivity contribution >= 4 is 17.2 Å². The van der Waals surface area contributed by atoms with E-state index < -0.39 is 6.16 Å². The molecule has 3 aromatic carbocycles. The van der Waals surface area contributed by atoms with E-state index in [0.29, 0.717) is 24.2 Å². The fourth-order valence-corrected chi connectivity index (χ4v) is 12.7. The Labute approximate surface area is 354 Å². The first-order valence-electron chi connectivity index (χ1n) is 19.6. The fourth-order valence-electron chi connectivity index (χ4n) is 6.36. The van der Waals surface area contributed by atoms with Gasteiger partial charge < -0.3 is 0 Å². The Morgan fingerprint density at radius 2 is 1.30 bits per heavy atom. The number of methoxy groups -OCH3 is 2. The number of carbonyl (C=O) groups excluding carboxylic acids is 1. The van der Waals surface area contributed by atoms with Gasteiger partial charge in [0.25, 0.3) is 0 Å². The first-order valence-corrected chi connectivity index (χ1v) is 24.8. The van der Waals surface area contributed by atoms with Gasteiger partial charge >= 0.3 is 351 Å². The van der Waals surface area contributed by atoms with Crippen molar-refractivity contribution in [3.8, 4) is 11.1 Å². The molecule has 1 aliphatic rings. The molecule has 0 aliphatic heterocycles. The summed E-state index contributed by atoms with van der Waals surface area (Å²) in [6.45, 7) is 18.8. The number of nitrogens with zero attached hydrogens (tertiary/aromatic N) is 3. The van der Waals surface area contributed by atoms with Gasteiger partial charge in [-0.15, -0.1) is 0 Å². The van der Waals surface area contributed by atoms with Crippen molar-refractivity contribution < 1.29 is 75.7 Å². The van der Waals surface area contributed by atoms with Crippen LogP contribution in [0.2, 0.25) is 0 Å². The molecular weight excluding hydrogens is 936 g/mol. The van der Waals surface area contributed by atoms with Gasteiger partial charge in [0.2, 0.25) is 0 Å². The normalized spacial score (nSPS) is 15.6. The van der Waals surface area contributed by atoms with Gasteiger partial charge in [0.05, 0.1) is 0 Å². The number of hydrogen-bond donors (Lipinski definition) is 0. The standard InChI is InChI=1S/C44H61I2N3O7/c1-11-44(8,52-10)23-27-55-43(6,7)21-25-46-32-17-19-34-33-18-16-31(45-24-20-42(4,5)54-26-22-41(2,3)51-9)28-35(33)37(36(34)29-32)30-53-40(50)56-49-39-15-13-12-14-38(39)47-48-49/h12-19,28-29,37H,11,20-27,30H2,1-10H3/q-2. The molecule has 10 nitrogen and oxygen atoms in total. The zero-order valence-electron chi connectivity index (χ0n) is 34.9. The van der Waals surface area contributed by atoms with Crippen molar-refractivity contribution in [2.24, 2.45) is 0 Å². The molecule has 1 aromatic heterocycles. The second-order valence-corrected chi connectivity index (χ2v) is 22.6. The number of benzene rings is 3. The molecule has 5 rings (SSSR count). The second kappa shape index (κ2) is 19.6. The van der Waals surface area contributed by atoms with E-state index in [0.717, 1.165) is 45.8 Å². The van der Waals surface area contributed by atoms with Gasteiger partial charge in [-0.25, -0.2) is 0 Å². The van der Waals surface area contributed by atoms with Crippen LogP contribution >= 0.6 is 0 Å². The molecule has 0 N–H and O–H groups in total. The molecule has 12 heteroatoms. The molecule has 1 aliphatic carbocycles. The summed E-state index contributed by atoms with van der Waals surface area (Å²) < 4.78 is 34.8. The van der Waals surface area contributed by atoms with Crippen molar-refractivity contribution in [2.45, 2.75) is 116 Å². The number of alkyl halides is 2. The van der Waals surface area contributed by atoms with E-state index in [2.05, 4.69) is 102 Å². The number of aromatic nitrogens is 3. The molecule has 310 valence electrons. The van der Waals surface area contributed by atoms with E-state index in [4.69, 9.17) is 28.5 Å². The zero-order chi connectivity index (χ0) is 40.6. The zero-order valence-corrected chi connectivity index (χ0v) is 39.2. The molecule has 0 saturated heterocycles. The van der Waals surface area contributed by atoms with Crippen LogP contribution in [-0.4, -0.2) is 86.6 Å².